The molecule has 0 saturated heterocycles. The van der Waals surface area contributed by atoms with Gasteiger partial charge in [0.25, 0.3) is 0 Å². The summed E-state index contributed by atoms with van der Waals surface area (Å²) < 4.78 is 26.7. The van der Waals surface area contributed by atoms with E-state index in [2.05, 4.69) is 0 Å². The molecule has 0 radical (unpaired) electrons. The zero-order chi connectivity index (χ0) is 14.5. The number of hydrogen-bond donors (Lipinski definition) is 1. The predicted molar refractivity (Wildman–Crippen MR) is 76.5 cm³/mol. The van der Waals surface area contributed by atoms with Crippen molar-refractivity contribution in [2.24, 2.45) is 0 Å². The molecule has 0 saturated carbocycles. The molecule has 0 unspecified atom stereocenters. The zero-order valence-electron chi connectivity index (χ0n) is 11.8. The van der Waals surface area contributed by atoms with Crippen LogP contribution < -0.4 is 0 Å². The van der Waals surface area contributed by atoms with Gasteiger partial charge < -0.3 is 5.11 Å². The van der Waals surface area contributed by atoms with Crippen LogP contribution in [0.3, 0.4) is 0 Å². The number of hydrogen-bond acceptors (Lipinski definition) is 3. The summed E-state index contributed by atoms with van der Waals surface area (Å²) in [6.45, 7) is 5.77. The topological polar surface area (TPSA) is 57.6 Å². The summed E-state index contributed by atoms with van der Waals surface area (Å²) in [4.78, 5) is 0.299. The van der Waals surface area contributed by atoms with Gasteiger partial charge in [0, 0.05) is 12.6 Å². The van der Waals surface area contributed by atoms with E-state index in [1.807, 2.05) is 26.8 Å². The summed E-state index contributed by atoms with van der Waals surface area (Å²) >= 11 is 0. The highest BCUT2D eigenvalue weighted by Gasteiger charge is 2.29. The molecule has 1 aromatic rings. The van der Waals surface area contributed by atoms with E-state index in [1.54, 1.807) is 18.2 Å². The third-order valence-corrected chi connectivity index (χ3v) is 5.21. The maximum absolute atomic E-state index is 12.6. The molecule has 0 heterocycles. The highest BCUT2D eigenvalue weighted by Crippen LogP contribution is 2.21. The second kappa shape index (κ2) is 7.03. The van der Waals surface area contributed by atoms with Crippen LogP contribution in [0, 0.1) is 6.92 Å². The Labute approximate surface area is 116 Å². The largest absolute Gasteiger partial charge is 0.395 e. The quantitative estimate of drug-likeness (QED) is 0.835. The van der Waals surface area contributed by atoms with Crippen LogP contribution in [0.15, 0.2) is 29.2 Å². The van der Waals surface area contributed by atoms with Crippen LogP contribution >= 0.6 is 0 Å². The van der Waals surface area contributed by atoms with E-state index < -0.39 is 10.0 Å². The molecule has 19 heavy (non-hydrogen) atoms. The first kappa shape index (κ1) is 16.1. The van der Waals surface area contributed by atoms with Crippen molar-refractivity contribution in [3.63, 3.8) is 0 Å². The lowest BCUT2D eigenvalue weighted by atomic mass is 10.2. The number of nitrogens with zero attached hydrogens (tertiary/aromatic N) is 1. The molecule has 108 valence electrons. The first-order valence-electron chi connectivity index (χ1n) is 6.66. The second-order valence-corrected chi connectivity index (χ2v) is 6.52. The first-order chi connectivity index (χ1) is 8.97. The minimum atomic E-state index is -3.54. The minimum absolute atomic E-state index is 0.0716. The lowest BCUT2D eigenvalue weighted by molar-refractivity contribution is 0.219. The summed E-state index contributed by atoms with van der Waals surface area (Å²) in [7, 11) is -3.54. The highest BCUT2D eigenvalue weighted by atomic mass is 32.2. The van der Waals surface area contributed by atoms with Gasteiger partial charge in [0.2, 0.25) is 10.0 Å². The predicted octanol–water partition coefficient (Wildman–Crippen LogP) is 2.17. The van der Waals surface area contributed by atoms with Gasteiger partial charge in [0.1, 0.15) is 0 Å². The van der Waals surface area contributed by atoms with Crippen LogP contribution in [0.5, 0.6) is 0 Å². The van der Waals surface area contributed by atoms with Crippen molar-refractivity contribution in [3.05, 3.63) is 29.8 Å². The van der Waals surface area contributed by atoms with Gasteiger partial charge in [-0.05, 0) is 37.5 Å². The molecule has 0 aliphatic heterocycles. The molecule has 0 aromatic heterocycles. The van der Waals surface area contributed by atoms with E-state index >= 15 is 0 Å². The van der Waals surface area contributed by atoms with Crippen LogP contribution in [0.25, 0.3) is 0 Å². The third kappa shape index (κ3) is 3.78. The fraction of sp³-hybridized carbons (Fsp3) is 0.571. The highest BCUT2D eigenvalue weighted by molar-refractivity contribution is 7.89. The van der Waals surface area contributed by atoms with Gasteiger partial charge in [0.05, 0.1) is 11.5 Å². The number of sulfonamides is 1. The summed E-state index contributed by atoms with van der Waals surface area (Å²) in [5, 5.41) is 9.14. The normalized spacial score (nSPS) is 12.3. The van der Waals surface area contributed by atoms with E-state index in [0.717, 1.165) is 18.4 Å². The van der Waals surface area contributed by atoms with Crippen molar-refractivity contribution in [2.75, 3.05) is 13.2 Å². The molecular weight excluding hydrogens is 262 g/mol. The van der Waals surface area contributed by atoms with Gasteiger partial charge in [-0.2, -0.15) is 4.31 Å². The van der Waals surface area contributed by atoms with Gasteiger partial charge in [-0.3, -0.25) is 0 Å². The summed E-state index contributed by atoms with van der Waals surface area (Å²) in [6, 6.07) is 6.81. The summed E-state index contributed by atoms with van der Waals surface area (Å²) in [5.74, 6) is 0. The first-order valence-corrected chi connectivity index (χ1v) is 8.10. The Bertz CT molecular complexity index is 495. The molecule has 0 aliphatic rings. The Kier molecular flexibility index (Phi) is 5.97. The maximum Gasteiger partial charge on any atom is 0.243 e. The van der Waals surface area contributed by atoms with Gasteiger partial charge in [-0.25, -0.2) is 8.42 Å². The Balaban J connectivity index is 3.19. The van der Waals surface area contributed by atoms with Crippen molar-refractivity contribution in [1.29, 1.82) is 0 Å². The summed E-state index contributed by atoms with van der Waals surface area (Å²) in [6.07, 6.45) is 1.48. The Hall–Kier alpha value is -0.910. The standard InChI is InChI=1S/C14H23NO3S/c1-4-13(5-2)15(9-10-16)19(17,18)14-8-6-7-12(3)11-14/h6-8,11,13,16H,4-5,9-10H2,1-3H3. The van der Waals surface area contributed by atoms with Crippen molar-refractivity contribution >= 4 is 10.0 Å². The molecule has 0 amide bonds. The fourth-order valence-corrected chi connectivity index (χ4v) is 4.07. The minimum Gasteiger partial charge on any atom is -0.395 e. The molecule has 0 bridgehead atoms. The molecule has 0 aliphatic carbocycles. The average molecular weight is 285 g/mol. The summed E-state index contributed by atoms with van der Waals surface area (Å²) in [5.41, 5.74) is 0.912. The number of rotatable bonds is 7. The second-order valence-electron chi connectivity index (χ2n) is 4.63. The Morgan fingerprint density at radius 3 is 2.37 bits per heavy atom. The van der Waals surface area contributed by atoms with Crippen LogP contribution in [0.2, 0.25) is 0 Å². The molecule has 0 atom stereocenters. The third-order valence-electron chi connectivity index (χ3n) is 3.27. The van der Waals surface area contributed by atoms with Crippen molar-refractivity contribution in [1.82, 2.24) is 4.31 Å². The van der Waals surface area contributed by atoms with Crippen molar-refractivity contribution in [3.8, 4) is 0 Å². The van der Waals surface area contributed by atoms with Crippen LogP contribution in [-0.4, -0.2) is 37.0 Å². The SMILES string of the molecule is CCC(CC)N(CCO)S(=O)(=O)c1cccc(C)c1. The lowest BCUT2D eigenvalue weighted by Gasteiger charge is -2.29. The molecule has 1 aromatic carbocycles. The molecular formula is C14H23NO3S. The van der Waals surface area contributed by atoms with Crippen LogP contribution in [0.1, 0.15) is 32.3 Å². The average Bonchev–Trinajstić information content (AvgIpc) is 2.39. The molecule has 5 heteroatoms. The molecule has 0 spiro atoms. The smallest absolute Gasteiger partial charge is 0.243 e. The molecule has 4 nitrogen and oxygen atoms in total. The van der Waals surface area contributed by atoms with Crippen LogP contribution in [-0.2, 0) is 10.0 Å². The Morgan fingerprint density at radius 2 is 1.89 bits per heavy atom. The van der Waals surface area contributed by atoms with E-state index in [-0.39, 0.29) is 19.2 Å². The van der Waals surface area contributed by atoms with Gasteiger partial charge >= 0.3 is 0 Å². The molecule has 1 N–H and O–H groups in total. The van der Waals surface area contributed by atoms with E-state index in [1.165, 1.54) is 4.31 Å². The maximum atomic E-state index is 12.6. The van der Waals surface area contributed by atoms with E-state index in [9.17, 15) is 8.42 Å². The zero-order valence-corrected chi connectivity index (χ0v) is 12.7. The van der Waals surface area contributed by atoms with Crippen molar-refractivity contribution < 1.29 is 13.5 Å². The number of aliphatic hydroxyl groups is 1. The van der Waals surface area contributed by atoms with Gasteiger partial charge in [0.15, 0.2) is 0 Å². The van der Waals surface area contributed by atoms with Gasteiger partial charge in [-0.15, -0.1) is 0 Å². The lowest BCUT2D eigenvalue weighted by Crippen LogP contribution is -2.41. The molecule has 0 fully saturated rings. The van der Waals surface area contributed by atoms with E-state index in [0.29, 0.717) is 4.90 Å². The van der Waals surface area contributed by atoms with E-state index in [4.69, 9.17) is 5.11 Å². The molecule has 1 rings (SSSR count). The van der Waals surface area contributed by atoms with Crippen molar-refractivity contribution in [2.45, 2.75) is 44.6 Å². The fourth-order valence-electron chi connectivity index (χ4n) is 2.20. The number of benzene rings is 1. The van der Waals surface area contributed by atoms with Gasteiger partial charge in [-0.1, -0.05) is 26.0 Å². The van der Waals surface area contributed by atoms with Crippen LogP contribution in [0.4, 0.5) is 0 Å². The number of aryl methyl sites for hydroxylation is 1. The Morgan fingerprint density at radius 1 is 1.26 bits per heavy atom. The number of aliphatic hydroxyl groups excluding tert-OH is 1. The monoisotopic (exact) mass is 285 g/mol.